The molecule has 1 aromatic carbocycles. The Balaban J connectivity index is 1.56. The molecule has 1 fully saturated rings. The number of benzene rings is 1. The Morgan fingerprint density at radius 3 is 2.76 bits per heavy atom. The summed E-state index contributed by atoms with van der Waals surface area (Å²) in [5, 5.41) is 6.54. The molecule has 4 heteroatoms. The molecule has 0 spiro atoms. The maximum Gasteiger partial charge on any atom is 0.237 e. The average molecular weight is 288 g/mol. The largest absolute Gasteiger partial charge is 0.381 e. The Morgan fingerprint density at radius 1 is 1.29 bits per heavy atom. The second kappa shape index (κ2) is 6.58. The van der Waals surface area contributed by atoms with Gasteiger partial charge < -0.3 is 15.4 Å². The van der Waals surface area contributed by atoms with Crippen LogP contribution in [-0.4, -0.2) is 31.2 Å². The molecule has 1 saturated heterocycles. The number of amides is 1. The summed E-state index contributed by atoms with van der Waals surface area (Å²) in [5.41, 5.74) is 2.59. The quantitative estimate of drug-likeness (QED) is 0.889. The molecule has 114 valence electrons. The molecule has 0 aliphatic carbocycles. The van der Waals surface area contributed by atoms with Gasteiger partial charge in [-0.25, -0.2) is 0 Å². The van der Waals surface area contributed by atoms with E-state index in [0.29, 0.717) is 5.92 Å². The van der Waals surface area contributed by atoms with Gasteiger partial charge in [0.1, 0.15) is 0 Å². The van der Waals surface area contributed by atoms with Crippen LogP contribution in [0.15, 0.2) is 24.3 Å². The summed E-state index contributed by atoms with van der Waals surface area (Å²) in [5.74, 6) is 0.669. The van der Waals surface area contributed by atoms with Crippen molar-refractivity contribution in [2.45, 2.75) is 44.8 Å². The number of fused-ring (bicyclic) bond motifs is 1. The lowest BCUT2D eigenvalue weighted by Crippen LogP contribution is -2.51. The molecule has 0 radical (unpaired) electrons. The fraction of sp³-hybridized carbons (Fsp3) is 0.588. The third-order valence-electron chi connectivity index (χ3n) is 4.74. The lowest BCUT2D eigenvalue weighted by Gasteiger charge is -2.31. The molecule has 2 heterocycles. The molecule has 3 rings (SSSR count). The molecular formula is C17H24N2O2. The second-order valence-corrected chi connectivity index (χ2v) is 6.15. The first kappa shape index (κ1) is 14.5. The lowest BCUT2D eigenvalue weighted by atomic mass is 9.91. The van der Waals surface area contributed by atoms with Crippen molar-refractivity contribution >= 4 is 5.91 Å². The standard InChI is InChI=1S/C17H24N2O2/c1-12(13-6-8-21-9-7-13)19-17(20)16-10-14-4-2-3-5-15(14)11-18-16/h2-5,12-13,16,18H,6-11H2,1H3,(H,19,20). The maximum atomic E-state index is 12.5. The SMILES string of the molecule is CC(NC(=O)C1Cc2ccccc2CN1)C1CCOCC1. The van der Waals surface area contributed by atoms with Crippen LogP contribution in [0.4, 0.5) is 0 Å². The average Bonchev–Trinajstić information content (AvgIpc) is 2.55. The van der Waals surface area contributed by atoms with E-state index in [4.69, 9.17) is 4.74 Å². The highest BCUT2D eigenvalue weighted by molar-refractivity contribution is 5.82. The fourth-order valence-corrected chi connectivity index (χ4v) is 3.30. The highest BCUT2D eigenvalue weighted by Gasteiger charge is 2.27. The molecule has 0 bridgehead atoms. The number of carbonyl (C=O) groups is 1. The number of ether oxygens (including phenoxy) is 1. The van der Waals surface area contributed by atoms with Gasteiger partial charge in [-0.2, -0.15) is 0 Å². The van der Waals surface area contributed by atoms with Crippen molar-refractivity contribution in [3.63, 3.8) is 0 Å². The van der Waals surface area contributed by atoms with E-state index >= 15 is 0 Å². The monoisotopic (exact) mass is 288 g/mol. The molecule has 2 atom stereocenters. The normalized spacial score (nSPS) is 24.1. The van der Waals surface area contributed by atoms with Crippen LogP contribution in [0.1, 0.15) is 30.9 Å². The van der Waals surface area contributed by atoms with Gasteiger partial charge in [-0.15, -0.1) is 0 Å². The number of hydrogen-bond donors (Lipinski definition) is 2. The molecule has 2 aliphatic rings. The highest BCUT2D eigenvalue weighted by atomic mass is 16.5. The van der Waals surface area contributed by atoms with Crippen molar-refractivity contribution in [2.24, 2.45) is 5.92 Å². The molecular weight excluding hydrogens is 264 g/mol. The van der Waals surface area contributed by atoms with E-state index in [1.807, 2.05) is 12.1 Å². The van der Waals surface area contributed by atoms with Crippen molar-refractivity contribution in [1.82, 2.24) is 10.6 Å². The van der Waals surface area contributed by atoms with Gasteiger partial charge in [0.15, 0.2) is 0 Å². The summed E-state index contributed by atoms with van der Waals surface area (Å²) in [4.78, 5) is 12.5. The summed E-state index contributed by atoms with van der Waals surface area (Å²) >= 11 is 0. The van der Waals surface area contributed by atoms with Gasteiger partial charge in [0.2, 0.25) is 5.91 Å². The molecule has 0 saturated carbocycles. The molecule has 1 amide bonds. The first-order valence-electron chi connectivity index (χ1n) is 7.92. The predicted molar refractivity (Wildman–Crippen MR) is 81.9 cm³/mol. The van der Waals surface area contributed by atoms with Crippen LogP contribution in [0, 0.1) is 5.92 Å². The Bertz CT molecular complexity index is 497. The molecule has 2 aliphatic heterocycles. The minimum Gasteiger partial charge on any atom is -0.381 e. The first-order chi connectivity index (χ1) is 10.2. The zero-order chi connectivity index (χ0) is 14.7. The Kier molecular flexibility index (Phi) is 4.56. The van der Waals surface area contributed by atoms with Crippen LogP contribution < -0.4 is 10.6 Å². The van der Waals surface area contributed by atoms with Gasteiger partial charge in [-0.05, 0) is 43.2 Å². The fourth-order valence-electron chi connectivity index (χ4n) is 3.30. The number of carbonyl (C=O) groups excluding carboxylic acids is 1. The number of rotatable bonds is 3. The van der Waals surface area contributed by atoms with E-state index in [0.717, 1.165) is 39.0 Å². The third-order valence-corrected chi connectivity index (χ3v) is 4.74. The third kappa shape index (κ3) is 3.44. The molecule has 1 aromatic rings. The van der Waals surface area contributed by atoms with Crippen LogP contribution in [0.25, 0.3) is 0 Å². The van der Waals surface area contributed by atoms with Crippen LogP contribution in [0.5, 0.6) is 0 Å². The van der Waals surface area contributed by atoms with Gasteiger partial charge >= 0.3 is 0 Å². The summed E-state index contributed by atoms with van der Waals surface area (Å²) in [7, 11) is 0. The number of hydrogen-bond acceptors (Lipinski definition) is 3. The second-order valence-electron chi connectivity index (χ2n) is 6.15. The van der Waals surface area contributed by atoms with Gasteiger partial charge in [-0.3, -0.25) is 4.79 Å². The van der Waals surface area contributed by atoms with Gasteiger partial charge in [0, 0.05) is 25.8 Å². The van der Waals surface area contributed by atoms with Gasteiger partial charge in [0.05, 0.1) is 6.04 Å². The minimum absolute atomic E-state index is 0.109. The smallest absolute Gasteiger partial charge is 0.237 e. The topological polar surface area (TPSA) is 50.4 Å². The van der Waals surface area contributed by atoms with E-state index in [1.165, 1.54) is 11.1 Å². The van der Waals surface area contributed by atoms with E-state index in [-0.39, 0.29) is 18.0 Å². The van der Waals surface area contributed by atoms with E-state index in [2.05, 4.69) is 29.7 Å². The summed E-state index contributed by atoms with van der Waals surface area (Å²) in [6.45, 7) is 4.53. The van der Waals surface area contributed by atoms with Gasteiger partial charge in [-0.1, -0.05) is 24.3 Å². The van der Waals surface area contributed by atoms with Crippen molar-refractivity contribution in [3.05, 3.63) is 35.4 Å². The van der Waals surface area contributed by atoms with Crippen molar-refractivity contribution in [3.8, 4) is 0 Å². The Labute approximate surface area is 126 Å². The summed E-state index contributed by atoms with van der Waals surface area (Å²) in [6, 6.07) is 8.46. The van der Waals surface area contributed by atoms with E-state index < -0.39 is 0 Å². The van der Waals surface area contributed by atoms with Crippen LogP contribution >= 0.6 is 0 Å². The molecule has 21 heavy (non-hydrogen) atoms. The van der Waals surface area contributed by atoms with Crippen LogP contribution in [0.3, 0.4) is 0 Å². The first-order valence-corrected chi connectivity index (χ1v) is 7.92. The minimum atomic E-state index is -0.109. The Morgan fingerprint density at radius 2 is 2.00 bits per heavy atom. The summed E-state index contributed by atoms with van der Waals surface area (Å²) < 4.78 is 5.39. The lowest BCUT2D eigenvalue weighted by molar-refractivity contribution is -0.124. The Hall–Kier alpha value is -1.39. The highest BCUT2D eigenvalue weighted by Crippen LogP contribution is 2.20. The molecule has 2 N–H and O–H groups in total. The van der Waals surface area contributed by atoms with E-state index in [1.54, 1.807) is 0 Å². The van der Waals surface area contributed by atoms with Gasteiger partial charge in [0.25, 0.3) is 0 Å². The molecule has 0 aromatic heterocycles. The van der Waals surface area contributed by atoms with Crippen molar-refractivity contribution in [1.29, 1.82) is 0 Å². The summed E-state index contributed by atoms with van der Waals surface area (Å²) in [6.07, 6.45) is 2.87. The maximum absolute atomic E-state index is 12.5. The van der Waals surface area contributed by atoms with Crippen molar-refractivity contribution < 1.29 is 9.53 Å². The predicted octanol–water partition coefficient (Wildman–Crippen LogP) is 1.63. The van der Waals surface area contributed by atoms with E-state index in [9.17, 15) is 4.79 Å². The number of nitrogens with one attached hydrogen (secondary N) is 2. The van der Waals surface area contributed by atoms with Crippen molar-refractivity contribution in [2.75, 3.05) is 13.2 Å². The molecule has 4 nitrogen and oxygen atoms in total. The molecule has 2 unspecified atom stereocenters. The zero-order valence-electron chi connectivity index (χ0n) is 12.6. The zero-order valence-corrected chi connectivity index (χ0v) is 12.6. The van der Waals surface area contributed by atoms with Crippen LogP contribution in [-0.2, 0) is 22.5 Å². The van der Waals surface area contributed by atoms with Crippen LogP contribution in [0.2, 0.25) is 0 Å².